The number of piperidine rings is 1. The fourth-order valence-electron chi connectivity index (χ4n) is 3.94. The van der Waals surface area contributed by atoms with Crippen LogP contribution in [0.1, 0.15) is 58.3 Å². The van der Waals surface area contributed by atoms with Crippen molar-refractivity contribution in [3.8, 4) is 0 Å². The predicted octanol–water partition coefficient (Wildman–Crippen LogP) is 3.79. The SMILES string of the molecule is CCC(C)C(NC(=O)CC(C)C1CCNCC1)c1nc2ccccc2[nH]1. The summed E-state index contributed by atoms with van der Waals surface area (Å²) in [5.41, 5.74) is 1.97. The van der Waals surface area contributed by atoms with Crippen LogP contribution in [0, 0.1) is 17.8 Å². The van der Waals surface area contributed by atoms with Gasteiger partial charge in [0.2, 0.25) is 5.91 Å². The summed E-state index contributed by atoms with van der Waals surface area (Å²) in [5.74, 6) is 2.40. The van der Waals surface area contributed by atoms with Gasteiger partial charge in [0.05, 0.1) is 17.1 Å². The van der Waals surface area contributed by atoms with E-state index in [9.17, 15) is 4.79 Å². The number of hydrogen-bond donors (Lipinski definition) is 3. The molecule has 5 nitrogen and oxygen atoms in total. The maximum absolute atomic E-state index is 12.7. The average molecular weight is 357 g/mol. The van der Waals surface area contributed by atoms with Crippen LogP contribution in [0.2, 0.25) is 0 Å². The van der Waals surface area contributed by atoms with Crippen LogP contribution in [0.25, 0.3) is 11.0 Å². The van der Waals surface area contributed by atoms with E-state index in [1.165, 1.54) is 12.8 Å². The van der Waals surface area contributed by atoms with Crippen molar-refractivity contribution in [1.82, 2.24) is 20.6 Å². The molecule has 2 aromatic rings. The molecule has 0 spiro atoms. The van der Waals surface area contributed by atoms with Crippen LogP contribution in [-0.4, -0.2) is 29.0 Å². The lowest BCUT2D eigenvalue weighted by atomic mass is 9.84. The van der Waals surface area contributed by atoms with Crippen LogP contribution in [0.4, 0.5) is 0 Å². The number of H-pyrrole nitrogens is 1. The number of nitrogens with zero attached hydrogens (tertiary/aromatic N) is 1. The van der Waals surface area contributed by atoms with E-state index in [0.29, 0.717) is 24.2 Å². The second kappa shape index (κ2) is 8.67. The second-order valence-electron chi connectivity index (χ2n) is 7.84. The van der Waals surface area contributed by atoms with Gasteiger partial charge in [-0.1, -0.05) is 39.3 Å². The van der Waals surface area contributed by atoms with Gasteiger partial charge < -0.3 is 15.6 Å². The van der Waals surface area contributed by atoms with Crippen molar-refractivity contribution in [3.63, 3.8) is 0 Å². The summed E-state index contributed by atoms with van der Waals surface area (Å²) in [6, 6.07) is 7.96. The Morgan fingerprint density at radius 3 is 2.69 bits per heavy atom. The van der Waals surface area contributed by atoms with Crippen molar-refractivity contribution in [2.75, 3.05) is 13.1 Å². The lowest BCUT2D eigenvalue weighted by Crippen LogP contribution is -2.36. The monoisotopic (exact) mass is 356 g/mol. The van der Waals surface area contributed by atoms with E-state index in [2.05, 4.69) is 36.4 Å². The molecule has 0 saturated carbocycles. The summed E-state index contributed by atoms with van der Waals surface area (Å²) in [4.78, 5) is 20.9. The predicted molar refractivity (Wildman–Crippen MR) is 106 cm³/mol. The molecule has 1 amide bonds. The molecule has 1 aliphatic heterocycles. The summed E-state index contributed by atoms with van der Waals surface area (Å²) in [7, 11) is 0. The Morgan fingerprint density at radius 2 is 2.00 bits per heavy atom. The van der Waals surface area contributed by atoms with Gasteiger partial charge in [-0.2, -0.15) is 0 Å². The summed E-state index contributed by atoms with van der Waals surface area (Å²) in [6.45, 7) is 8.70. The zero-order chi connectivity index (χ0) is 18.5. The van der Waals surface area contributed by atoms with E-state index >= 15 is 0 Å². The molecule has 2 heterocycles. The lowest BCUT2D eigenvalue weighted by Gasteiger charge is -2.29. The van der Waals surface area contributed by atoms with Crippen molar-refractivity contribution < 1.29 is 4.79 Å². The van der Waals surface area contributed by atoms with Crippen LogP contribution in [0.3, 0.4) is 0 Å². The van der Waals surface area contributed by atoms with Crippen molar-refractivity contribution in [2.24, 2.45) is 17.8 Å². The fraction of sp³-hybridized carbons (Fsp3) is 0.619. The number of aromatic amines is 1. The molecule has 3 unspecified atom stereocenters. The van der Waals surface area contributed by atoms with E-state index in [0.717, 1.165) is 36.4 Å². The molecule has 1 saturated heterocycles. The zero-order valence-electron chi connectivity index (χ0n) is 16.2. The summed E-state index contributed by atoms with van der Waals surface area (Å²) in [6.07, 6.45) is 3.93. The van der Waals surface area contributed by atoms with Crippen LogP contribution in [0.5, 0.6) is 0 Å². The highest BCUT2D eigenvalue weighted by molar-refractivity contribution is 5.77. The molecular weight excluding hydrogens is 324 g/mol. The number of carbonyl (C=O) groups excluding carboxylic acids is 1. The zero-order valence-corrected chi connectivity index (χ0v) is 16.2. The molecule has 3 N–H and O–H groups in total. The first kappa shape index (κ1) is 18.9. The summed E-state index contributed by atoms with van der Waals surface area (Å²) < 4.78 is 0. The number of fused-ring (bicyclic) bond motifs is 1. The molecular formula is C21H32N4O. The van der Waals surface area contributed by atoms with Crippen molar-refractivity contribution in [1.29, 1.82) is 0 Å². The Morgan fingerprint density at radius 1 is 1.27 bits per heavy atom. The minimum atomic E-state index is -0.0693. The Balaban J connectivity index is 1.68. The topological polar surface area (TPSA) is 69.8 Å². The van der Waals surface area contributed by atoms with Gasteiger partial charge in [0, 0.05) is 6.42 Å². The standard InChI is InChI=1S/C21H32N4O/c1-4-14(2)20(21-23-17-7-5-6-8-18(17)24-21)25-19(26)13-15(3)16-9-11-22-12-10-16/h5-8,14-16,20,22H,4,9-13H2,1-3H3,(H,23,24)(H,25,26). The van der Waals surface area contributed by atoms with Gasteiger partial charge >= 0.3 is 0 Å². The average Bonchev–Trinajstić information content (AvgIpc) is 3.10. The molecule has 0 bridgehead atoms. The first-order valence-electron chi connectivity index (χ1n) is 10.0. The van der Waals surface area contributed by atoms with Crippen LogP contribution in [-0.2, 0) is 4.79 Å². The number of aromatic nitrogens is 2. The highest BCUT2D eigenvalue weighted by atomic mass is 16.1. The number of amides is 1. The van der Waals surface area contributed by atoms with Gasteiger partial charge in [0.15, 0.2) is 0 Å². The lowest BCUT2D eigenvalue weighted by molar-refractivity contribution is -0.123. The molecule has 3 atom stereocenters. The smallest absolute Gasteiger partial charge is 0.220 e. The quantitative estimate of drug-likeness (QED) is 0.707. The van der Waals surface area contributed by atoms with Gasteiger partial charge in [-0.3, -0.25) is 4.79 Å². The molecule has 142 valence electrons. The summed E-state index contributed by atoms with van der Waals surface area (Å²) >= 11 is 0. The second-order valence-corrected chi connectivity index (χ2v) is 7.84. The van der Waals surface area contributed by atoms with Gasteiger partial charge in [-0.15, -0.1) is 0 Å². The Hall–Kier alpha value is -1.88. The first-order chi connectivity index (χ1) is 12.6. The van der Waals surface area contributed by atoms with E-state index in [-0.39, 0.29) is 11.9 Å². The van der Waals surface area contributed by atoms with E-state index < -0.39 is 0 Å². The third kappa shape index (κ3) is 4.44. The number of para-hydroxylation sites is 2. The molecule has 0 aliphatic carbocycles. The van der Waals surface area contributed by atoms with E-state index in [1.807, 2.05) is 24.3 Å². The van der Waals surface area contributed by atoms with Crippen LogP contribution in [0.15, 0.2) is 24.3 Å². The normalized spacial score (nSPS) is 19.2. The Bertz CT molecular complexity index is 687. The third-order valence-corrected chi connectivity index (χ3v) is 5.93. The van der Waals surface area contributed by atoms with Gasteiger partial charge in [-0.05, 0) is 55.8 Å². The van der Waals surface area contributed by atoms with Gasteiger partial charge in [0.25, 0.3) is 0 Å². The molecule has 0 radical (unpaired) electrons. The molecule has 1 aromatic carbocycles. The molecule has 3 rings (SSSR count). The Kier molecular flexibility index (Phi) is 6.30. The molecule has 26 heavy (non-hydrogen) atoms. The summed E-state index contributed by atoms with van der Waals surface area (Å²) in [5, 5.41) is 6.67. The minimum Gasteiger partial charge on any atom is -0.346 e. The maximum Gasteiger partial charge on any atom is 0.220 e. The highest BCUT2D eigenvalue weighted by Gasteiger charge is 2.26. The van der Waals surface area contributed by atoms with Crippen molar-refractivity contribution in [3.05, 3.63) is 30.1 Å². The fourth-order valence-corrected chi connectivity index (χ4v) is 3.94. The van der Waals surface area contributed by atoms with Crippen LogP contribution < -0.4 is 10.6 Å². The van der Waals surface area contributed by atoms with Gasteiger partial charge in [0.1, 0.15) is 5.82 Å². The third-order valence-electron chi connectivity index (χ3n) is 5.93. The molecule has 1 aromatic heterocycles. The highest BCUT2D eigenvalue weighted by Crippen LogP contribution is 2.27. The number of imidazole rings is 1. The maximum atomic E-state index is 12.7. The molecule has 1 fully saturated rings. The minimum absolute atomic E-state index is 0.0693. The molecule has 1 aliphatic rings. The number of rotatable bonds is 7. The van der Waals surface area contributed by atoms with Crippen molar-refractivity contribution in [2.45, 2.75) is 52.5 Å². The number of benzene rings is 1. The number of carbonyl (C=O) groups is 1. The Labute approximate surface area is 156 Å². The number of nitrogens with one attached hydrogen (secondary N) is 3. The van der Waals surface area contributed by atoms with Gasteiger partial charge in [-0.25, -0.2) is 4.98 Å². The number of hydrogen-bond acceptors (Lipinski definition) is 3. The van der Waals surface area contributed by atoms with Crippen molar-refractivity contribution >= 4 is 16.9 Å². The first-order valence-corrected chi connectivity index (χ1v) is 10.0. The largest absolute Gasteiger partial charge is 0.346 e. The molecule has 5 heteroatoms. The van der Waals surface area contributed by atoms with Crippen LogP contribution >= 0.6 is 0 Å². The van der Waals surface area contributed by atoms with E-state index in [4.69, 9.17) is 4.98 Å². The van der Waals surface area contributed by atoms with E-state index in [1.54, 1.807) is 0 Å².